The van der Waals surface area contributed by atoms with Gasteiger partial charge in [-0.15, -0.1) is 0 Å². The Morgan fingerprint density at radius 2 is 1.69 bits per heavy atom. The van der Waals surface area contributed by atoms with Crippen molar-refractivity contribution in [2.75, 3.05) is 0 Å². The lowest BCUT2D eigenvalue weighted by molar-refractivity contribution is -0.138. The fraction of sp³-hybridized carbons (Fsp3) is 0.579. The predicted octanol–water partition coefficient (Wildman–Crippen LogP) is 2.34. The van der Waals surface area contributed by atoms with E-state index in [0.717, 1.165) is 12.0 Å². The molecule has 0 saturated heterocycles. The van der Waals surface area contributed by atoms with E-state index in [1.807, 2.05) is 27.7 Å². The molecule has 0 aromatic heterocycles. The molecule has 0 fully saturated rings. The van der Waals surface area contributed by atoms with Crippen molar-refractivity contribution in [3.05, 3.63) is 29.8 Å². The smallest absolute Gasteiger partial charge is 0.241 e. The fourth-order valence-corrected chi connectivity index (χ4v) is 3.82. The van der Waals surface area contributed by atoms with E-state index in [1.54, 1.807) is 12.1 Å². The van der Waals surface area contributed by atoms with Gasteiger partial charge >= 0.3 is 0 Å². The van der Waals surface area contributed by atoms with Crippen LogP contribution in [-0.2, 0) is 19.6 Å². The Morgan fingerprint density at radius 3 is 2.19 bits per heavy atom. The molecule has 1 rings (SSSR count). The third kappa shape index (κ3) is 6.63. The molecular weight excluding hydrogens is 352 g/mol. The number of nitrogens with one attached hydrogen (secondary N) is 1. The van der Waals surface area contributed by atoms with Gasteiger partial charge in [-0.3, -0.25) is 9.59 Å². The summed E-state index contributed by atoms with van der Waals surface area (Å²) < 4.78 is 27.6. The summed E-state index contributed by atoms with van der Waals surface area (Å²) in [6.07, 6.45) is 2.05. The zero-order valence-electron chi connectivity index (χ0n) is 16.0. The van der Waals surface area contributed by atoms with Gasteiger partial charge in [-0.1, -0.05) is 51.3 Å². The lowest BCUT2D eigenvalue weighted by Gasteiger charge is -2.19. The second-order valence-electron chi connectivity index (χ2n) is 7.09. The number of hydrogen-bond acceptors (Lipinski definition) is 5. The van der Waals surface area contributed by atoms with Gasteiger partial charge in [0.25, 0.3) is 0 Å². The van der Waals surface area contributed by atoms with E-state index in [2.05, 4.69) is 4.72 Å². The Bertz CT molecular complexity index is 712. The van der Waals surface area contributed by atoms with Crippen molar-refractivity contribution in [1.29, 1.82) is 0 Å². The maximum absolute atomic E-state index is 12.6. The van der Waals surface area contributed by atoms with E-state index in [-0.39, 0.29) is 17.2 Å². The van der Waals surface area contributed by atoms with Gasteiger partial charge in [-0.05, 0) is 37.8 Å². The molecule has 2 atom stereocenters. The molecule has 0 saturated carbocycles. The molecule has 26 heavy (non-hydrogen) atoms. The summed E-state index contributed by atoms with van der Waals surface area (Å²) in [5.41, 5.74) is 6.76. The van der Waals surface area contributed by atoms with Crippen molar-refractivity contribution in [3.8, 4) is 0 Å². The number of nitrogens with two attached hydrogens (primary N) is 1. The molecule has 3 N–H and O–H groups in total. The Balaban J connectivity index is 3.00. The van der Waals surface area contributed by atoms with Gasteiger partial charge < -0.3 is 5.73 Å². The monoisotopic (exact) mass is 382 g/mol. The van der Waals surface area contributed by atoms with E-state index in [1.165, 1.54) is 12.1 Å². The summed E-state index contributed by atoms with van der Waals surface area (Å²) in [4.78, 5) is 25.0. The van der Waals surface area contributed by atoms with Gasteiger partial charge in [-0.25, -0.2) is 13.1 Å². The van der Waals surface area contributed by atoms with E-state index in [9.17, 15) is 18.0 Å². The van der Waals surface area contributed by atoms with Crippen molar-refractivity contribution in [2.45, 2.75) is 70.4 Å². The molecule has 1 aromatic carbocycles. The van der Waals surface area contributed by atoms with Crippen LogP contribution in [0.1, 0.15) is 52.0 Å². The van der Waals surface area contributed by atoms with Crippen molar-refractivity contribution in [3.63, 3.8) is 0 Å². The second-order valence-corrected chi connectivity index (χ2v) is 8.81. The fourth-order valence-electron chi connectivity index (χ4n) is 2.59. The number of unbranched alkanes of at least 4 members (excludes halogenated alkanes) is 1. The molecule has 0 spiro atoms. The average Bonchev–Trinajstić information content (AvgIpc) is 2.57. The minimum atomic E-state index is -3.90. The molecule has 6 nitrogen and oxygen atoms in total. The number of carbonyl (C=O) groups excluding carboxylic acids is 2. The van der Waals surface area contributed by atoms with Crippen LogP contribution in [0.3, 0.4) is 0 Å². The van der Waals surface area contributed by atoms with Crippen molar-refractivity contribution >= 4 is 21.6 Å². The first kappa shape index (κ1) is 22.5. The summed E-state index contributed by atoms with van der Waals surface area (Å²) in [5, 5.41) is 0. The largest absolute Gasteiger partial charge is 0.321 e. The van der Waals surface area contributed by atoms with Gasteiger partial charge in [0.05, 0.1) is 17.0 Å². The number of Topliss-reactive ketones (excluding diaryl/α,β-unsaturated/α-hetero) is 2. The lowest BCUT2D eigenvalue weighted by atomic mass is 9.95. The van der Waals surface area contributed by atoms with Crippen molar-refractivity contribution < 1.29 is 18.0 Å². The number of aryl methyl sites for hydroxylation is 1. The highest BCUT2D eigenvalue weighted by molar-refractivity contribution is 7.89. The second kappa shape index (κ2) is 9.94. The third-order valence-electron chi connectivity index (χ3n) is 4.10. The van der Waals surface area contributed by atoms with Crippen molar-refractivity contribution in [2.24, 2.45) is 11.7 Å². The van der Waals surface area contributed by atoms with Crippen molar-refractivity contribution in [1.82, 2.24) is 4.72 Å². The SMILES string of the molecule is CCCC[C@H](NS(=O)(=O)c1ccc(C)cc1)C(=O)C(=O)[C@@H](N)CC(C)C. The first-order chi connectivity index (χ1) is 12.1. The number of benzene rings is 1. The normalized spacial score (nSPS) is 14.2. The van der Waals surface area contributed by atoms with Gasteiger partial charge in [0.15, 0.2) is 0 Å². The Hall–Kier alpha value is -1.57. The standard InChI is InChI=1S/C19H30N2O4S/c1-5-6-7-17(19(23)18(22)16(20)12-13(2)3)21-26(24,25)15-10-8-14(4)9-11-15/h8-11,13,16-17,21H,5-7,12,20H2,1-4H3/t16-,17-/m0/s1. The van der Waals surface area contributed by atoms with Gasteiger partial charge in [0.2, 0.25) is 21.6 Å². The summed E-state index contributed by atoms with van der Waals surface area (Å²) >= 11 is 0. The van der Waals surface area contributed by atoms with Crippen LogP contribution in [0.4, 0.5) is 0 Å². The minimum Gasteiger partial charge on any atom is -0.321 e. The van der Waals surface area contributed by atoms with Gasteiger partial charge in [0.1, 0.15) is 0 Å². The lowest BCUT2D eigenvalue weighted by Crippen LogP contribution is -2.48. The Labute approximate surface area is 156 Å². The molecule has 0 radical (unpaired) electrons. The van der Waals surface area contributed by atoms with Crippen LogP contribution in [-0.4, -0.2) is 32.1 Å². The summed E-state index contributed by atoms with van der Waals surface area (Å²) in [6.45, 7) is 7.60. The highest BCUT2D eigenvalue weighted by atomic mass is 32.2. The van der Waals surface area contributed by atoms with E-state index in [4.69, 9.17) is 5.73 Å². The molecular formula is C19H30N2O4S. The summed E-state index contributed by atoms with van der Waals surface area (Å²) in [5.74, 6) is -1.31. The van der Waals surface area contributed by atoms with Gasteiger partial charge in [-0.2, -0.15) is 0 Å². The zero-order chi connectivity index (χ0) is 19.9. The molecule has 0 aliphatic rings. The number of ketones is 2. The van der Waals surface area contributed by atoms with Crippen LogP contribution in [0, 0.1) is 12.8 Å². The topological polar surface area (TPSA) is 106 Å². The molecule has 0 unspecified atom stereocenters. The van der Waals surface area contributed by atoms with E-state index in [0.29, 0.717) is 12.8 Å². The maximum atomic E-state index is 12.6. The first-order valence-corrected chi connectivity index (χ1v) is 10.5. The molecule has 0 heterocycles. The molecule has 0 amide bonds. The van der Waals surface area contributed by atoms with E-state index < -0.39 is 33.7 Å². The van der Waals surface area contributed by atoms with E-state index >= 15 is 0 Å². The Kier molecular flexibility index (Phi) is 8.59. The summed E-state index contributed by atoms with van der Waals surface area (Å²) in [6, 6.07) is 4.32. The Morgan fingerprint density at radius 1 is 1.12 bits per heavy atom. The van der Waals surface area contributed by atoms with Crippen LogP contribution in [0.5, 0.6) is 0 Å². The average molecular weight is 383 g/mol. The first-order valence-electron chi connectivity index (χ1n) is 9.01. The molecule has 1 aromatic rings. The van der Waals surface area contributed by atoms with Crippen LogP contribution in [0.25, 0.3) is 0 Å². The predicted molar refractivity (Wildman–Crippen MR) is 102 cm³/mol. The molecule has 0 aliphatic heterocycles. The molecule has 146 valence electrons. The maximum Gasteiger partial charge on any atom is 0.241 e. The minimum absolute atomic E-state index is 0.0660. The highest BCUT2D eigenvalue weighted by Crippen LogP contribution is 2.14. The zero-order valence-corrected chi connectivity index (χ0v) is 16.8. The number of hydrogen-bond donors (Lipinski definition) is 2. The number of rotatable bonds is 11. The van der Waals surface area contributed by atoms with Crippen LogP contribution in [0.2, 0.25) is 0 Å². The third-order valence-corrected chi connectivity index (χ3v) is 5.58. The molecule has 0 aliphatic carbocycles. The number of sulfonamides is 1. The quantitative estimate of drug-likeness (QED) is 0.571. The molecule has 0 bridgehead atoms. The van der Waals surface area contributed by atoms with Crippen LogP contribution < -0.4 is 10.5 Å². The molecule has 7 heteroatoms. The highest BCUT2D eigenvalue weighted by Gasteiger charge is 2.32. The summed E-state index contributed by atoms with van der Waals surface area (Å²) in [7, 11) is -3.90. The van der Waals surface area contributed by atoms with Gasteiger partial charge in [0, 0.05) is 0 Å². The van der Waals surface area contributed by atoms with Crippen LogP contribution >= 0.6 is 0 Å². The van der Waals surface area contributed by atoms with Crippen LogP contribution in [0.15, 0.2) is 29.2 Å². The number of carbonyl (C=O) groups is 2.